The van der Waals surface area contributed by atoms with E-state index < -0.39 is 6.04 Å². The second kappa shape index (κ2) is 12.2. The molecule has 1 atom stereocenters. The Labute approximate surface area is 211 Å². The Morgan fingerprint density at radius 3 is 2.47 bits per heavy atom. The van der Waals surface area contributed by atoms with Crippen LogP contribution in [0.1, 0.15) is 61.5 Å². The zero-order valence-corrected chi connectivity index (χ0v) is 20.5. The molecule has 1 saturated carbocycles. The Morgan fingerprint density at radius 2 is 1.81 bits per heavy atom. The Kier molecular flexibility index (Phi) is 8.49. The number of carbonyl (C=O) groups is 3. The van der Waals surface area contributed by atoms with Gasteiger partial charge >= 0.3 is 0 Å². The van der Waals surface area contributed by atoms with Gasteiger partial charge in [-0.3, -0.25) is 14.4 Å². The summed E-state index contributed by atoms with van der Waals surface area (Å²) in [5, 5.41) is 5.66. The Balaban J connectivity index is 1.53. The highest BCUT2D eigenvalue weighted by atomic mass is 16.3. The van der Waals surface area contributed by atoms with Crippen molar-refractivity contribution in [1.29, 1.82) is 0 Å². The van der Waals surface area contributed by atoms with Gasteiger partial charge in [0, 0.05) is 25.1 Å². The van der Waals surface area contributed by atoms with Gasteiger partial charge in [-0.05, 0) is 49.6 Å². The molecule has 2 aromatic heterocycles. The second-order valence-electron chi connectivity index (χ2n) is 9.11. The number of aromatic nitrogens is 1. The van der Waals surface area contributed by atoms with Crippen LogP contribution in [0.4, 0.5) is 5.82 Å². The van der Waals surface area contributed by atoms with Crippen molar-refractivity contribution in [2.45, 2.75) is 64.1 Å². The zero-order chi connectivity index (χ0) is 25.3. The normalized spacial score (nSPS) is 14.2. The van der Waals surface area contributed by atoms with Crippen LogP contribution >= 0.6 is 0 Å². The summed E-state index contributed by atoms with van der Waals surface area (Å²) in [4.78, 5) is 45.5. The molecule has 1 fully saturated rings. The molecule has 1 aliphatic carbocycles. The van der Waals surface area contributed by atoms with Crippen molar-refractivity contribution >= 4 is 23.5 Å². The molecule has 2 N–H and O–H groups in total. The molecule has 2 heterocycles. The highest BCUT2D eigenvalue weighted by molar-refractivity contribution is 5.94. The summed E-state index contributed by atoms with van der Waals surface area (Å²) in [6.45, 7) is 2.21. The molecule has 0 saturated heterocycles. The van der Waals surface area contributed by atoms with Crippen LogP contribution < -0.4 is 10.6 Å². The maximum Gasteiger partial charge on any atom is 0.247 e. The van der Waals surface area contributed by atoms with Gasteiger partial charge in [0.1, 0.15) is 17.6 Å². The predicted molar refractivity (Wildman–Crippen MR) is 136 cm³/mol. The topological polar surface area (TPSA) is 105 Å². The first-order chi connectivity index (χ1) is 17.5. The van der Waals surface area contributed by atoms with Gasteiger partial charge in [0.05, 0.1) is 12.8 Å². The first kappa shape index (κ1) is 25.2. The third-order valence-electron chi connectivity index (χ3n) is 6.44. The molecular formula is C28H32N4O4. The monoisotopic (exact) mass is 488 g/mol. The van der Waals surface area contributed by atoms with Gasteiger partial charge in [0.25, 0.3) is 0 Å². The maximum absolute atomic E-state index is 13.6. The van der Waals surface area contributed by atoms with Gasteiger partial charge in [-0.15, -0.1) is 0 Å². The molecule has 36 heavy (non-hydrogen) atoms. The van der Waals surface area contributed by atoms with Gasteiger partial charge < -0.3 is 20.0 Å². The molecule has 1 unspecified atom stereocenters. The fourth-order valence-electron chi connectivity index (χ4n) is 4.60. The van der Waals surface area contributed by atoms with E-state index >= 15 is 0 Å². The predicted octanol–water partition coefficient (Wildman–Crippen LogP) is 4.53. The molecule has 8 heteroatoms. The number of benzene rings is 1. The molecule has 1 aliphatic rings. The minimum Gasteiger partial charge on any atom is -0.467 e. The highest BCUT2D eigenvalue weighted by Gasteiger charge is 2.37. The smallest absolute Gasteiger partial charge is 0.247 e. The molecule has 0 spiro atoms. The van der Waals surface area contributed by atoms with Crippen LogP contribution in [0.5, 0.6) is 0 Å². The van der Waals surface area contributed by atoms with Gasteiger partial charge in [-0.25, -0.2) is 4.98 Å². The summed E-state index contributed by atoms with van der Waals surface area (Å²) in [5.74, 6) is 0.307. The average molecular weight is 489 g/mol. The largest absolute Gasteiger partial charge is 0.467 e. The number of pyridine rings is 1. The van der Waals surface area contributed by atoms with E-state index in [4.69, 9.17) is 4.42 Å². The van der Waals surface area contributed by atoms with Gasteiger partial charge in [-0.2, -0.15) is 0 Å². The first-order valence-electron chi connectivity index (χ1n) is 12.4. The Bertz CT molecular complexity index is 1140. The van der Waals surface area contributed by atoms with E-state index in [1.54, 1.807) is 47.7 Å². The lowest BCUT2D eigenvalue weighted by molar-refractivity contribution is -0.144. The van der Waals surface area contributed by atoms with E-state index in [-0.39, 0.29) is 43.1 Å². The van der Waals surface area contributed by atoms with Gasteiger partial charge in [0.15, 0.2) is 0 Å². The summed E-state index contributed by atoms with van der Waals surface area (Å²) in [6.07, 6.45) is 6.83. The zero-order valence-electron chi connectivity index (χ0n) is 20.5. The van der Waals surface area contributed by atoms with E-state index in [1.165, 1.54) is 0 Å². The fraction of sp³-hybridized carbons (Fsp3) is 0.357. The third-order valence-corrected chi connectivity index (χ3v) is 6.44. The summed E-state index contributed by atoms with van der Waals surface area (Å²) in [7, 11) is 0. The minimum atomic E-state index is -0.796. The average Bonchev–Trinajstić information content (AvgIpc) is 3.60. The van der Waals surface area contributed by atoms with E-state index in [1.807, 2.05) is 31.2 Å². The summed E-state index contributed by atoms with van der Waals surface area (Å²) in [5.41, 5.74) is 1.81. The molecule has 4 rings (SSSR count). The lowest BCUT2D eigenvalue weighted by Crippen LogP contribution is -2.48. The lowest BCUT2D eigenvalue weighted by atomic mass is 9.99. The number of carbonyl (C=O) groups excluding carboxylic acids is 3. The minimum absolute atomic E-state index is 0.00297. The summed E-state index contributed by atoms with van der Waals surface area (Å²) in [6, 6.07) is 15.6. The van der Waals surface area contributed by atoms with Gasteiger partial charge in [0.2, 0.25) is 17.7 Å². The summed E-state index contributed by atoms with van der Waals surface area (Å²) >= 11 is 0. The van der Waals surface area contributed by atoms with Crippen molar-refractivity contribution in [2.24, 2.45) is 0 Å². The Hall–Kier alpha value is -3.94. The number of furan rings is 1. The third kappa shape index (κ3) is 6.59. The fourth-order valence-corrected chi connectivity index (χ4v) is 4.60. The number of rotatable bonds is 10. The number of aryl methyl sites for hydroxylation is 1. The van der Waals surface area contributed by atoms with E-state index in [0.717, 1.165) is 36.8 Å². The van der Waals surface area contributed by atoms with Crippen LogP contribution in [-0.2, 0) is 20.9 Å². The van der Waals surface area contributed by atoms with Crippen LogP contribution in [-0.4, -0.2) is 33.6 Å². The van der Waals surface area contributed by atoms with Crippen LogP contribution in [0.25, 0.3) is 0 Å². The summed E-state index contributed by atoms with van der Waals surface area (Å²) < 4.78 is 5.36. The molecule has 188 valence electrons. The molecule has 0 radical (unpaired) electrons. The highest BCUT2D eigenvalue weighted by Crippen LogP contribution is 2.33. The number of amides is 3. The van der Waals surface area contributed by atoms with E-state index in [0.29, 0.717) is 11.6 Å². The van der Waals surface area contributed by atoms with Crippen LogP contribution in [0.15, 0.2) is 71.5 Å². The number of anilines is 1. The maximum atomic E-state index is 13.6. The van der Waals surface area contributed by atoms with Crippen molar-refractivity contribution in [3.8, 4) is 0 Å². The molecule has 0 bridgehead atoms. The number of nitrogens with zero attached hydrogens (tertiary/aromatic N) is 2. The van der Waals surface area contributed by atoms with Crippen molar-refractivity contribution < 1.29 is 18.8 Å². The van der Waals surface area contributed by atoms with Crippen molar-refractivity contribution in [1.82, 2.24) is 15.2 Å². The molecule has 3 aromatic rings. The second-order valence-corrected chi connectivity index (χ2v) is 9.11. The van der Waals surface area contributed by atoms with Crippen LogP contribution in [0.3, 0.4) is 0 Å². The van der Waals surface area contributed by atoms with Crippen LogP contribution in [0, 0.1) is 6.92 Å². The standard InChI is InChI=1S/C28H32N4O4/c1-20-11-13-21(14-12-20)27(28(35)30-19-23-9-6-18-36-23)32(22-7-2-3-8-22)26(34)16-15-25(33)31-24-10-4-5-17-29-24/h4-6,9-14,17-18,22,27H,2-3,7-8,15-16,19H2,1H3,(H,30,35)(H,29,31,33). The molecule has 3 amide bonds. The quantitative estimate of drug-likeness (QED) is 0.436. The first-order valence-corrected chi connectivity index (χ1v) is 12.4. The lowest BCUT2D eigenvalue weighted by Gasteiger charge is -2.36. The van der Waals surface area contributed by atoms with E-state index in [2.05, 4.69) is 15.6 Å². The van der Waals surface area contributed by atoms with Crippen molar-refractivity contribution in [3.05, 3.63) is 83.9 Å². The van der Waals surface area contributed by atoms with E-state index in [9.17, 15) is 14.4 Å². The molecular weight excluding hydrogens is 456 g/mol. The van der Waals surface area contributed by atoms with Gasteiger partial charge in [-0.1, -0.05) is 48.7 Å². The number of hydrogen-bond donors (Lipinski definition) is 2. The van der Waals surface area contributed by atoms with Crippen LogP contribution in [0.2, 0.25) is 0 Å². The number of hydrogen-bond acceptors (Lipinski definition) is 5. The molecule has 8 nitrogen and oxygen atoms in total. The number of nitrogens with one attached hydrogen (secondary N) is 2. The van der Waals surface area contributed by atoms with Crippen molar-refractivity contribution in [2.75, 3.05) is 5.32 Å². The van der Waals surface area contributed by atoms with Crippen molar-refractivity contribution in [3.63, 3.8) is 0 Å². The Morgan fingerprint density at radius 1 is 1.03 bits per heavy atom. The molecule has 0 aliphatic heterocycles. The SMILES string of the molecule is Cc1ccc(C(C(=O)NCc2ccco2)N(C(=O)CCC(=O)Nc2ccccn2)C2CCCC2)cc1. The molecule has 1 aromatic carbocycles.